The summed E-state index contributed by atoms with van der Waals surface area (Å²) in [5, 5.41) is 0. The van der Waals surface area contributed by atoms with Gasteiger partial charge in [0.25, 0.3) is 0 Å². The van der Waals surface area contributed by atoms with Gasteiger partial charge in [-0.15, -0.1) is 0 Å². The molecule has 0 bridgehead atoms. The van der Waals surface area contributed by atoms with Crippen LogP contribution in [-0.2, 0) is 9.53 Å². The molecule has 1 aromatic rings. The lowest BCUT2D eigenvalue weighted by Crippen LogP contribution is -2.40. The molecular formula is C20H29N5O2. The normalized spacial score (nSPS) is 29.3. The molecule has 0 radical (unpaired) electrons. The van der Waals surface area contributed by atoms with E-state index in [-0.39, 0.29) is 12.5 Å². The third kappa shape index (κ3) is 3.80. The maximum atomic E-state index is 12.1. The van der Waals surface area contributed by atoms with Gasteiger partial charge in [-0.1, -0.05) is 0 Å². The van der Waals surface area contributed by atoms with Gasteiger partial charge in [0.05, 0.1) is 0 Å². The van der Waals surface area contributed by atoms with Crippen LogP contribution in [-0.4, -0.2) is 84.7 Å². The van der Waals surface area contributed by atoms with Crippen LogP contribution in [0.3, 0.4) is 0 Å². The molecule has 4 aliphatic rings. The predicted molar refractivity (Wildman–Crippen MR) is 102 cm³/mol. The molecule has 1 aliphatic carbocycles. The molecule has 2 unspecified atom stereocenters. The van der Waals surface area contributed by atoms with Crippen molar-refractivity contribution in [1.82, 2.24) is 19.8 Å². The van der Waals surface area contributed by atoms with E-state index in [1.165, 1.54) is 18.5 Å². The van der Waals surface area contributed by atoms with Gasteiger partial charge in [-0.05, 0) is 31.1 Å². The number of nitrogens with zero attached hydrogens (tertiary/aromatic N) is 5. The fourth-order valence-electron chi connectivity index (χ4n) is 4.83. The Balaban J connectivity index is 1.13. The van der Waals surface area contributed by atoms with Gasteiger partial charge in [0.1, 0.15) is 18.8 Å². The molecule has 7 heteroatoms. The standard InChI is InChI=1S/C20H29N5O2/c26-20-13-27-7-1-4-24(20)6-5-23-9-16-11-25(12-17(16)10-23)19-8-18(15-2-3-15)21-14-22-19/h8,14-17H,1-7,9-13H2. The number of hydrogen-bond donors (Lipinski definition) is 0. The summed E-state index contributed by atoms with van der Waals surface area (Å²) in [6, 6.07) is 2.21. The lowest BCUT2D eigenvalue weighted by molar-refractivity contribution is -0.134. The third-order valence-electron chi connectivity index (χ3n) is 6.54. The Kier molecular flexibility index (Phi) is 4.73. The van der Waals surface area contributed by atoms with Gasteiger partial charge >= 0.3 is 0 Å². The molecule has 4 fully saturated rings. The molecule has 3 saturated heterocycles. The molecule has 1 aromatic heterocycles. The second-order valence-corrected chi connectivity index (χ2v) is 8.55. The van der Waals surface area contributed by atoms with Crippen molar-refractivity contribution in [2.75, 3.05) is 63.9 Å². The lowest BCUT2D eigenvalue weighted by Gasteiger charge is -2.25. The van der Waals surface area contributed by atoms with Gasteiger partial charge in [0.15, 0.2) is 0 Å². The molecule has 0 spiro atoms. The van der Waals surface area contributed by atoms with E-state index in [1.54, 1.807) is 6.33 Å². The summed E-state index contributed by atoms with van der Waals surface area (Å²) >= 11 is 0. The number of carbonyl (C=O) groups excluding carboxylic acids is 1. The maximum Gasteiger partial charge on any atom is 0.248 e. The van der Waals surface area contributed by atoms with Gasteiger partial charge in [-0.3, -0.25) is 4.79 Å². The lowest BCUT2D eigenvalue weighted by atomic mass is 10.0. The molecule has 5 rings (SSSR count). The van der Waals surface area contributed by atoms with Crippen LogP contribution in [0.15, 0.2) is 12.4 Å². The zero-order valence-electron chi connectivity index (χ0n) is 15.9. The minimum atomic E-state index is 0.147. The molecule has 146 valence electrons. The van der Waals surface area contributed by atoms with Crippen LogP contribution in [0.1, 0.15) is 30.9 Å². The van der Waals surface area contributed by atoms with Crippen LogP contribution in [0.25, 0.3) is 0 Å². The summed E-state index contributed by atoms with van der Waals surface area (Å²) in [5.74, 6) is 3.37. The van der Waals surface area contributed by atoms with Gasteiger partial charge in [0.2, 0.25) is 5.91 Å². The van der Waals surface area contributed by atoms with E-state index >= 15 is 0 Å². The number of aromatic nitrogens is 2. The second-order valence-electron chi connectivity index (χ2n) is 8.55. The number of likely N-dealkylation sites (tertiary alicyclic amines) is 1. The number of anilines is 1. The van der Waals surface area contributed by atoms with Gasteiger partial charge < -0.3 is 19.4 Å². The van der Waals surface area contributed by atoms with Crippen molar-refractivity contribution in [3.8, 4) is 0 Å². The molecule has 0 aromatic carbocycles. The van der Waals surface area contributed by atoms with E-state index < -0.39 is 0 Å². The Morgan fingerprint density at radius 2 is 1.89 bits per heavy atom. The first-order chi connectivity index (χ1) is 13.3. The second kappa shape index (κ2) is 7.36. The third-order valence-corrected chi connectivity index (χ3v) is 6.54. The summed E-state index contributed by atoms with van der Waals surface area (Å²) in [6.45, 7) is 8.09. The largest absolute Gasteiger partial charge is 0.372 e. The highest BCUT2D eigenvalue weighted by Crippen LogP contribution is 2.40. The minimum Gasteiger partial charge on any atom is -0.372 e. The van der Waals surface area contributed by atoms with Crippen molar-refractivity contribution < 1.29 is 9.53 Å². The number of amides is 1. The van der Waals surface area contributed by atoms with E-state index in [0.29, 0.717) is 24.4 Å². The first-order valence-electron chi connectivity index (χ1n) is 10.4. The molecular weight excluding hydrogens is 342 g/mol. The van der Waals surface area contributed by atoms with E-state index in [0.717, 1.165) is 58.1 Å². The Morgan fingerprint density at radius 1 is 1.07 bits per heavy atom. The van der Waals surface area contributed by atoms with Gasteiger partial charge in [0, 0.05) is 70.1 Å². The zero-order valence-corrected chi connectivity index (χ0v) is 15.9. The van der Waals surface area contributed by atoms with Crippen molar-refractivity contribution >= 4 is 11.7 Å². The topological polar surface area (TPSA) is 61.8 Å². The van der Waals surface area contributed by atoms with E-state index in [1.807, 2.05) is 4.90 Å². The number of rotatable bonds is 5. The van der Waals surface area contributed by atoms with Crippen molar-refractivity contribution in [3.05, 3.63) is 18.1 Å². The van der Waals surface area contributed by atoms with Crippen LogP contribution in [0.4, 0.5) is 5.82 Å². The summed E-state index contributed by atoms with van der Waals surface area (Å²) in [7, 11) is 0. The van der Waals surface area contributed by atoms with Crippen LogP contribution >= 0.6 is 0 Å². The summed E-state index contributed by atoms with van der Waals surface area (Å²) in [5.41, 5.74) is 1.23. The van der Waals surface area contributed by atoms with Crippen molar-refractivity contribution in [3.63, 3.8) is 0 Å². The molecule has 27 heavy (non-hydrogen) atoms. The fourth-order valence-corrected chi connectivity index (χ4v) is 4.83. The number of fused-ring (bicyclic) bond motifs is 1. The molecule has 4 heterocycles. The highest BCUT2D eigenvalue weighted by molar-refractivity contribution is 5.77. The van der Waals surface area contributed by atoms with Crippen molar-refractivity contribution in [2.45, 2.75) is 25.2 Å². The van der Waals surface area contributed by atoms with E-state index in [9.17, 15) is 4.79 Å². The first-order valence-corrected chi connectivity index (χ1v) is 10.4. The summed E-state index contributed by atoms with van der Waals surface area (Å²) in [6.07, 6.45) is 5.25. The highest BCUT2D eigenvalue weighted by atomic mass is 16.5. The Morgan fingerprint density at radius 3 is 2.67 bits per heavy atom. The van der Waals surface area contributed by atoms with Gasteiger partial charge in [-0.25, -0.2) is 9.97 Å². The maximum absolute atomic E-state index is 12.1. The zero-order chi connectivity index (χ0) is 18.2. The minimum absolute atomic E-state index is 0.147. The summed E-state index contributed by atoms with van der Waals surface area (Å²) in [4.78, 5) is 28.0. The van der Waals surface area contributed by atoms with E-state index in [4.69, 9.17) is 4.74 Å². The number of hydrogen-bond acceptors (Lipinski definition) is 6. The molecule has 7 nitrogen and oxygen atoms in total. The average Bonchev–Trinajstić information content (AvgIpc) is 3.39. The van der Waals surface area contributed by atoms with Crippen LogP contribution in [0.5, 0.6) is 0 Å². The number of ether oxygens (including phenoxy) is 1. The van der Waals surface area contributed by atoms with Gasteiger partial charge in [-0.2, -0.15) is 0 Å². The fraction of sp³-hybridized carbons (Fsp3) is 0.750. The van der Waals surface area contributed by atoms with Crippen LogP contribution < -0.4 is 4.90 Å². The smallest absolute Gasteiger partial charge is 0.248 e. The molecule has 3 aliphatic heterocycles. The molecule has 1 saturated carbocycles. The Bertz CT molecular complexity index is 681. The monoisotopic (exact) mass is 371 g/mol. The first kappa shape index (κ1) is 17.4. The van der Waals surface area contributed by atoms with Crippen molar-refractivity contribution in [2.24, 2.45) is 11.8 Å². The number of carbonyl (C=O) groups is 1. The molecule has 2 atom stereocenters. The van der Waals surface area contributed by atoms with Crippen LogP contribution in [0, 0.1) is 11.8 Å². The predicted octanol–water partition coefficient (Wildman–Crippen LogP) is 0.971. The molecule has 1 amide bonds. The Hall–Kier alpha value is -1.73. The molecule has 0 N–H and O–H groups in total. The van der Waals surface area contributed by atoms with Crippen molar-refractivity contribution in [1.29, 1.82) is 0 Å². The van der Waals surface area contributed by atoms with E-state index in [2.05, 4.69) is 25.8 Å². The van der Waals surface area contributed by atoms with Crippen LogP contribution in [0.2, 0.25) is 0 Å². The summed E-state index contributed by atoms with van der Waals surface area (Å²) < 4.78 is 5.33. The highest BCUT2D eigenvalue weighted by Gasteiger charge is 2.40. The quantitative estimate of drug-likeness (QED) is 0.769. The SMILES string of the molecule is O=C1COCCCN1CCN1CC2CN(c3cc(C4CC4)ncn3)CC2C1. The average molecular weight is 371 g/mol. The Labute approximate surface area is 160 Å².